The average molecular weight is 275 g/mol. The zero-order valence-electron chi connectivity index (χ0n) is 11.6. The second-order valence-corrected chi connectivity index (χ2v) is 5.07. The molecule has 0 spiro atoms. The molecule has 8 nitrogen and oxygen atoms in total. The molecular weight excluding hydrogens is 258 g/mol. The van der Waals surface area contributed by atoms with E-state index in [1.165, 1.54) is 6.33 Å². The van der Waals surface area contributed by atoms with Gasteiger partial charge in [-0.2, -0.15) is 5.10 Å². The van der Waals surface area contributed by atoms with Crippen molar-refractivity contribution in [3.05, 3.63) is 24.3 Å². The Bertz CT molecular complexity index is 603. The molecule has 0 aromatic carbocycles. The maximum atomic E-state index is 12.3. The summed E-state index contributed by atoms with van der Waals surface area (Å²) in [7, 11) is 0. The van der Waals surface area contributed by atoms with Crippen molar-refractivity contribution in [3.63, 3.8) is 0 Å². The second-order valence-electron chi connectivity index (χ2n) is 5.07. The summed E-state index contributed by atoms with van der Waals surface area (Å²) in [5.74, 6) is 1.87. The molecule has 0 saturated heterocycles. The van der Waals surface area contributed by atoms with Gasteiger partial charge in [0, 0.05) is 13.0 Å². The highest BCUT2D eigenvalue weighted by molar-refractivity contribution is 5.76. The van der Waals surface area contributed by atoms with E-state index in [-0.39, 0.29) is 11.9 Å². The lowest BCUT2D eigenvalue weighted by molar-refractivity contribution is -0.133. The number of fused-ring (bicyclic) bond motifs is 1. The molecule has 3 rings (SSSR count). The van der Waals surface area contributed by atoms with Crippen molar-refractivity contribution in [2.45, 2.75) is 39.4 Å². The minimum Gasteiger partial charge on any atom is -0.333 e. The first-order chi connectivity index (χ1) is 9.65. The first-order valence-electron chi connectivity index (χ1n) is 6.65. The molecule has 8 heteroatoms. The fraction of sp³-hybridized carbons (Fsp3) is 0.583. The van der Waals surface area contributed by atoms with E-state index in [0.29, 0.717) is 26.1 Å². The Kier molecular flexibility index (Phi) is 3.21. The molecule has 0 saturated carbocycles. The summed E-state index contributed by atoms with van der Waals surface area (Å²) in [5.41, 5.74) is 0. The van der Waals surface area contributed by atoms with Crippen LogP contribution in [0.3, 0.4) is 0 Å². The van der Waals surface area contributed by atoms with E-state index >= 15 is 0 Å². The van der Waals surface area contributed by atoms with Gasteiger partial charge in [-0.15, -0.1) is 10.2 Å². The Hall–Kier alpha value is -2.25. The van der Waals surface area contributed by atoms with Gasteiger partial charge in [-0.3, -0.25) is 9.48 Å². The topological polar surface area (TPSA) is 81.7 Å². The Balaban J connectivity index is 1.65. The van der Waals surface area contributed by atoms with Gasteiger partial charge in [0.05, 0.1) is 19.1 Å². The average Bonchev–Trinajstić information content (AvgIpc) is 3.06. The molecule has 0 N–H and O–H groups in total. The molecular formula is C12H17N7O. The fourth-order valence-corrected chi connectivity index (χ4v) is 2.64. The van der Waals surface area contributed by atoms with Crippen LogP contribution in [-0.4, -0.2) is 46.9 Å². The fourth-order valence-electron chi connectivity index (χ4n) is 2.64. The van der Waals surface area contributed by atoms with Crippen LogP contribution in [0.1, 0.15) is 31.0 Å². The quantitative estimate of drug-likeness (QED) is 0.797. The number of amides is 1. The number of carbonyl (C=O) groups is 1. The molecule has 20 heavy (non-hydrogen) atoms. The van der Waals surface area contributed by atoms with E-state index in [2.05, 4.69) is 31.8 Å². The molecule has 106 valence electrons. The van der Waals surface area contributed by atoms with Crippen molar-refractivity contribution in [1.82, 2.24) is 34.4 Å². The highest BCUT2D eigenvalue weighted by Crippen LogP contribution is 2.21. The van der Waals surface area contributed by atoms with Crippen LogP contribution in [0.15, 0.2) is 12.7 Å². The van der Waals surface area contributed by atoms with Gasteiger partial charge in [-0.05, 0) is 13.8 Å². The summed E-state index contributed by atoms with van der Waals surface area (Å²) in [5, 5.41) is 12.2. The molecule has 1 amide bonds. The molecule has 1 aliphatic heterocycles. The zero-order valence-corrected chi connectivity index (χ0v) is 11.6. The predicted octanol–water partition coefficient (Wildman–Crippen LogP) is 0.172. The molecule has 0 unspecified atom stereocenters. The van der Waals surface area contributed by atoms with Crippen LogP contribution < -0.4 is 0 Å². The Morgan fingerprint density at radius 3 is 3.05 bits per heavy atom. The van der Waals surface area contributed by atoms with E-state index in [1.807, 2.05) is 11.8 Å². The third-order valence-electron chi connectivity index (χ3n) is 3.57. The summed E-state index contributed by atoms with van der Waals surface area (Å²) in [6, 6.07) is 0.212. The highest BCUT2D eigenvalue weighted by atomic mass is 16.2. The third kappa shape index (κ3) is 2.28. The van der Waals surface area contributed by atoms with Crippen LogP contribution in [0.5, 0.6) is 0 Å². The first kappa shape index (κ1) is 12.8. The number of aryl methyl sites for hydroxylation is 2. The lowest BCUT2D eigenvalue weighted by Crippen LogP contribution is -2.40. The van der Waals surface area contributed by atoms with Gasteiger partial charge in [0.2, 0.25) is 5.91 Å². The SMILES string of the molecule is Cc1nnc2n1[C@@H](C)CN(C(=O)CCn1cncn1)C2. The molecule has 0 bridgehead atoms. The minimum atomic E-state index is 0.110. The Labute approximate surface area is 116 Å². The molecule has 0 fully saturated rings. The number of carbonyl (C=O) groups excluding carboxylic acids is 1. The van der Waals surface area contributed by atoms with E-state index in [4.69, 9.17) is 0 Å². The number of rotatable bonds is 3. The number of hydrogen-bond acceptors (Lipinski definition) is 5. The van der Waals surface area contributed by atoms with Crippen LogP contribution in [0.25, 0.3) is 0 Å². The van der Waals surface area contributed by atoms with E-state index in [1.54, 1.807) is 11.0 Å². The van der Waals surface area contributed by atoms with Gasteiger partial charge in [0.1, 0.15) is 18.5 Å². The molecule has 1 aliphatic rings. The Morgan fingerprint density at radius 2 is 2.30 bits per heavy atom. The van der Waals surface area contributed by atoms with Gasteiger partial charge in [-0.25, -0.2) is 4.98 Å². The van der Waals surface area contributed by atoms with Crippen LogP contribution in [-0.2, 0) is 17.9 Å². The van der Waals surface area contributed by atoms with Crippen LogP contribution in [0, 0.1) is 6.92 Å². The van der Waals surface area contributed by atoms with Crippen molar-refractivity contribution in [2.24, 2.45) is 0 Å². The monoisotopic (exact) mass is 275 g/mol. The van der Waals surface area contributed by atoms with E-state index in [0.717, 1.165) is 11.6 Å². The Morgan fingerprint density at radius 1 is 1.45 bits per heavy atom. The van der Waals surface area contributed by atoms with Crippen LogP contribution in [0.4, 0.5) is 0 Å². The maximum absolute atomic E-state index is 12.3. The lowest BCUT2D eigenvalue weighted by Gasteiger charge is -2.32. The standard InChI is InChI=1S/C12H17N7O/c1-9-5-17(6-11-16-15-10(2)19(9)11)12(20)3-4-18-8-13-7-14-18/h7-9H,3-6H2,1-2H3/t9-/m0/s1. The number of aromatic nitrogens is 6. The predicted molar refractivity (Wildman–Crippen MR) is 69.5 cm³/mol. The van der Waals surface area contributed by atoms with Crippen molar-refractivity contribution in [2.75, 3.05) is 6.54 Å². The van der Waals surface area contributed by atoms with Crippen LogP contribution in [0.2, 0.25) is 0 Å². The van der Waals surface area contributed by atoms with Crippen molar-refractivity contribution >= 4 is 5.91 Å². The van der Waals surface area contributed by atoms with Crippen molar-refractivity contribution in [3.8, 4) is 0 Å². The van der Waals surface area contributed by atoms with Gasteiger partial charge in [0.15, 0.2) is 5.82 Å². The van der Waals surface area contributed by atoms with Gasteiger partial charge >= 0.3 is 0 Å². The molecule has 0 radical (unpaired) electrons. The summed E-state index contributed by atoms with van der Waals surface area (Å²) >= 11 is 0. The highest BCUT2D eigenvalue weighted by Gasteiger charge is 2.27. The largest absolute Gasteiger partial charge is 0.333 e. The normalized spacial score (nSPS) is 18.1. The van der Waals surface area contributed by atoms with E-state index < -0.39 is 0 Å². The smallest absolute Gasteiger partial charge is 0.224 e. The lowest BCUT2D eigenvalue weighted by atomic mass is 10.2. The number of hydrogen-bond donors (Lipinski definition) is 0. The second kappa shape index (κ2) is 5.03. The third-order valence-corrected chi connectivity index (χ3v) is 3.57. The maximum Gasteiger partial charge on any atom is 0.224 e. The summed E-state index contributed by atoms with van der Waals surface area (Å²) in [6.45, 7) is 5.80. The number of nitrogens with zero attached hydrogens (tertiary/aromatic N) is 7. The van der Waals surface area contributed by atoms with Gasteiger partial charge in [-0.1, -0.05) is 0 Å². The van der Waals surface area contributed by atoms with Gasteiger partial charge in [0.25, 0.3) is 0 Å². The van der Waals surface area contributed by atoms with Crippen molar-refractivity contribution in [1.29, 1.82) is 0 Å². The first-order valence-corrected chi connectivity index (χ1v) is 6.65. The van der Waals surface area contributed by atoms with Gasteiger partial charge < -0.3 is 9.47 Å². The van der Waals surface area contributed by atoms with Crippen LogP contribution >= 0.6 is 0 Å². The molecule has 0 aliphatic carbocycles. The summed E-state index contributed by atoms with van der Waals surface area (Å²) in [6.07, 6.45) is 3.51. The molecule has 2 aromatic rings. The summed E-state index contributed by atoms with van der Waals surface area (Å²) < 4.78 is 3.76. The summed E-state index contributed by atoms with van der Waals surface area (Å²) in [4.78, 5) is 18.0. The minimum absolute atomic E-state index is 0.110. The molecule has 2 aromatic heterocycles. The molecule has 1 atom stereocenters. The zero-order chi connectivity index (χ0) is 14.1. The van der Waals surface area contributed by atoms with E-state index in [9.17, 15) is 4.79 Å². The van der Waals surface area contributed by atoms with Crippen molar-refractivity contribution < 1.29 is 4.79 Å². The molecule has 3 heterocycles.